The second kappa shape index (κ2) is 20.4. The van der Waals surface area contributed by atoms with E-state index in [0.29, 0.717) is 37.3 Å². The Kier molecular flexibility index (Phi) is 15.3. The Labute approximate surface area is 358 Å². The molecule has 0 radical (unpaired) electrons. The molecule has 2 fully saturated rings. The van der Waals surface area contributed by atoms with E-state index >= 15 is 0 Å². The lowest BCUT2D eigenvalue weighted by molar-refractivity contribution is -0.144. The second-order valence-electron chi connectivity index (χ2n) is 16.6. The van der Waals surface area contributed by atoms with Gasteiger partial charge in [0.2, 0.25) is 23.5 Å². The number of carbonyl (C=O) groups excluding carboxylic acids is 3. The number of carbonyl (C=O) groups is 3. The number of β-amino-alcohol motifs (C(OH)–C–C–N with tert-alkyl or cyclic N) is 1. The van der Waals surface area contributed by atoms with Crippen LogP contribution in [0.4, 0.5) is 13.9 Å². The Balaban J connectivity index is 0.946. The molecule has 4 atom stereocenters. The Morgan fingerprint density at radius 2 is 1.72 bits per heavy atom. The highest BCUT2D eigenvalue weighted by Crippen LogP contribution is 2.37. The number of hydrogen-bond donors (Lipinski definition) is 3. The van der Waals surface area contributed by atoms with Crippen molar-refractivity contribution < 1.29 is 37.7 Å². The molecule has 4 aromatic rings. The number of rotatable bonds is 17. The summed E-state index contributed by atoms with van der Waals surface area (Å²) in [4.78, 5) is 54.5. The third-order valence-electron chi connectivity index (χ3n) is 11.0. The van der Waals surface area contributed by atoms with E-state index in [0.717, 1.165) is 65.2 Å². The number of aliphatic hydroxyl groups excluding tert-OH is 1. The van der Waals surface area contributed by atoms with Crippen molar-refractivity contribution in [2.24, 2.45) is 5.41 Å². The van der Waals surface area contributed by atoms with E-state index < -0.39 is 41.1 Å². The van der Waals surface area contributed by atoms with Gasteiger partial charge in [-0.15, -0.1) is 22.7 Å². The number of aromatic nitrogens is 2. The number of aliphatic hydroxyl groups is 1. The number of ether oxygens (including phenoxy) is 2. The first-order valence-corrected chi connectivity index (χ1v) is 22.4. The van der Waals surface area contributed by atoms with Crippen LogP contribution in [0.25, 0.3) is 21.7 Å². The number of anilines is 1. The van der Waals surface area contributed by atoms with Crippen LogP contribution in [-0.4, -0.2) is 95.3 Å². The van der Waals surface area contributed by atoms with Crippen LogP contribution in [0.15, 0.2) is 47.3 Å². The number of unbranched alkanes of at least 4 members (excludes halogenated alkanes) is 4. The number of benzene rings is 2. The molecular weight excluding hydrogens is 811 g/mol. The van der Waals surface area contributed by atoms with Crippen molar-refractivity contribution in [2.75, 3.05) is 44.4 Å². The van der Waals surface area contributed by atoms with Gasteiger partial charge < -0.3 is 35.0 Å². The first kappa shape index (κ1) is 45.0. The molecule has 3 amide bonds. The minimum absolute atomic E-state index is 0.00570. The average molecular weight is 867 g/mol. The minimum Gasteiger partial charge on any atom is -0.490 e. The largest absolute Gasteiger partial charge is 0.490 e. The number of nitrogens with one attached hydrogen (secondary N) is 2. The molecule has 2 aliphatic rings. The maximum atomic E-state index is 14.9. The van der Waals surface area contributed by atoms with E-state index in [9.17, 15) is 28.3 Å². The van der Waals surface area contributed by atoms with E-state index in [-0.39, 0.29) is 49.6 Å². The fraction of sp³-hybridized carbons (Fsp3) is 0.523. The number of likely N-dealkylation sites (tertiary alicyclic amines) is 1. The molecule has 4 heterocycles. The molecular formula is C44H56F2N6O6S2. The standard InChI is InChI=1S/C44H56F2N6O6S2/c1-27(29-12-14-30(15-13-29)39-28(2)47-26-60-39)48-41(55)35-23-31(53)24-52(35)42(56)40(44(3,4)5)50-36(54)11-9-7-6-8-10-20-58-38-32(16-17-33(45)37(38)46)34-25-59-43(49-34)51-18-21-57-22-19-51/h12-17,25-27,31,35,40,53H,6-11,18-24H2,1-5H3,(H,48,55)(H,50,54)/t27-,31+,35-,40+/m0/s1. The topological polar surface area (TPSA) is 146 Å². The Hall–Kier alpha value is -4.51. The van der Waals surface area contributed by atoms with E-state index in [2.05, 4.69) is 25.5 Å². The summed E-state index contributed by atoms with van der Waals surface area (Å²) in [6, 6.07) is 8.36. The summed E-state index contributed by atoms with van der Waals surface area (Å²) in [7, 11) is 0. The van der Waals surface area contributed by atoms with Crippen LogP contribution in [0.1, 0.15) is 89.9 Å². The zero-order valence-corrected chi connectivity index (χ0v) is 36.6. The monoisotopic (exact) mass is 866 g/mol. The lowest BCUT2D eigenvalue weighted by Crippen LogP contribution is -2.57. The minimum atomic E-state index is -1.04. The lowest BCUT2D eigenvalue weighted by Gasteiger charge is -2.35. The molecule has 2 saturated heterocycles. The van der Waals surface area contributed by atoms with Crippen molar-refractivity contribution in [3.05, 3.63) is 70.2 Å². The van der Waals surface area contributed by atoms with Crippen LogP contribution in [0, 0.1) is 24.0 Å². The molecule has 2 aromatic carbocycles. The normalized spacial score (nSPS) is 18.0. The van der Waals surface area contributed by atoms with Gasteiger partial charge in [-0.2, -0.15) is 4.39 Å². The number of halogens is 2. The van der Waals surface area contributed by atoms with Gasteiger partial charge in [-0.3, -0.25) is 14.4 Å². The van der Waals surface area contributed by atoms with E-state index in [4.69, 9.17) is 9.47 Å². The molecule has 0 aliphatic carbocycles. The highest BCUT2D eigenvalue weighted by Gasteiger charge is 2.44. The summed E-state index contributed by atoms with van der Waals surface area (Å²) in [5, 5.41) is 19.2. The van der Waals surface area contributed by atoms with Gasteiger partial charge in [0, 0.05) is 43.4 Å². The van der Waals surface area contributed by atoms with Crippen molar-refractivity contribution in [2.45, 2.75) is 104 Å². The fourth-order valence-electron chi connectivity index (χ4n) is 7.50. The van der Waals surface area contributed by atoms with Gasteiger partial charge in [0.05, 0.1) is 53.7 Å². The number of morpholine rings is 1. The van der Waals surface area contributed by atoms with Crippen LogP contribution < -0.4 is 20.3 Å². The quantitative estimate of drug-likeness (QED) is 0.0922. The van der Waals surface area contributed by atoms with Gasteiger partial charge in [0.25, 0.3) is 0 Å². The lowest BCUT2D eigenvalue weighted by atomic mass is 9.85. The predicted molar refractivity (Wildman–Crippen MR) is 230 cm³/mol. The Bertz CT molecular complexity index is 2080. The SMILES string of the molecule is Cc1ncsc1-c1ccc([C@H](C)NC(=O)[C@@H]2C[C@@H](O)CN2C(=O)[C@@H](NC(=O)CCCCCCCOc2c(-c3csc(N4CCOCC4)n3)ccc(F)c2F)C(C)(C)C)cc1. The number of aryl methyl sites for hydroxylation is 1. The van der Waals surface area contributed by atoms with Gasteiger partial charge in [-0.05, 0) is 55.4 Å². The average Bonchev–Trinajstić information content (AvgIpc) is 3.99. The smallest absolute Gasteiger partial charge is 0.246 e. The molecule has 3 N–H and O–H groups in total. The number of thiazole rings is 2. The summed E-state index contributed by atoms with van der Waals surface area (Å²) in [5.41, 5.74) is 4.98. The predicted octanol–water partition coefficient (Wildman–Crippen LogP) is 7.45. The zero-order chi connectivity index (χ0) is 43.0. The van der Waals surface area contributed by atoms with Crippen molar-refractivity contribution >= 4 is 45.5 Å². The summed E-state index contributed by atoms with van der Waals surface area (Å²) >= 11 is 3.01. The van der Waals surface area contributed by atoms with Crippen LogP contribution in [-0.2, 0) is 19.1 Å². The summed E-state index contributed by atoms with van der Waals surface area (Å²) in [5.74, 6) is -3.22. The first-order chi connectivity index (χ1) is 28.7. The van der Waals surface area contributed by atoms with E-state index in [1.807, 2.05) is 69.8 Å². The molecule has 2 aliphatic heterocycles. The molecule has 0 bridgehead atoms. The van der Waals surface area contributed by atoms with Crippen molar-refractivity contribution in [1.29, 1.82) is 0 Å². The molecule has 16 heteroatoms. The van der Waals surface area contributed by atoms with Crippen LogP contribution in [0.2, 0.25) is 0 Å². The van der Waals surface area contributed by atoms with E-state index in [1.165, 1.54) is 22.3 Å². The van der Waals surface area contributed by atoms with Crippen molar-refractivity contribution in [3.8, 4) is 27.4 Å². The molecule has 0 unspecified atom stereocenters. The van der Waals surface area contributed by atoms with Crippen molar-refractivity contribution in [1.82, 2.24) is 25.5 Å². The third-order valence-corrected chi connectivity index (χ3v) is 12.8. The maximum Gasteiger partial charge on any atom is 0.246 e. The highest BCUT2D eigenvalue weighted by molar-refractivity contribution is 7.14. The summed E-state index contributed by atoms with van der Waals surface area (Å²) in [6.45, 7) is 12.3. The summed E-state index contributed by atoms with van der Waals surface area (Å²) < 4.78 is 40.4. The van der Waals surface area contributed by atoms with Gasteiger partial charge in [-0.1, -0.05) is 64.3 Å². The first-order valence-electron chi connectivity index (χ1n) is 20.7. The molecule has 6 rings (SSSR count). The molecule has 2 aromatic heterocycles. The third kappa shape index (κ3) is 11.2. The van der Waals surface area contributed by atoms with Crippen molar-refractivity contribution in [3.63, 3.8) is 0 Å². The molecule has 0 spiro atoms. The summed E-state index contributed by atoms with van der Waals surface area (Å²) in [6.07, 6.45) is 2.93. The fourth-order valence-corrected chi connectivity index (χ4v) is 9.19. The molecule has 60 heavy (non-hydrogen) atoms. The van der Waals surface area contributed by atoms with Gasteiger partial charge in [-0.25, -0.2) is 14.4 Å². The Morgan fingerprint density at radius 1 is 1.00 bits per heavy atom. The van der Waals surface area contributed by atoms with E-state index in [1.54, 1.807) is 11.3 Å². The number of hydrogen-bond acceptors (Lipinski definition) is 11. The van der Waals surface area contributed by atoms with Crippen LogP contribution in [0.5, 0.6) is 5.75 Å². The number of amides is 3. The zero-order valence-electron chi connectivity index (χ0n) is 35.0. The number of nitrogens with zero attached hydrogens (tertiary/aromatic N) is 4. The molecule has 0 saturated carbocycles. The molecule has 324 valence electrons. The second-order valence-corrected chi connectivity index (χ2v) is 18.3. The molecule has 12 nitrogen and oxygen atoms in total. The Morgan fingerprint density at radius 3 is 2.42 bits per heavy atom. The van der Waals surface area contributed by atoms with Crippen LogP contribution >= 0.6 is 22.7 Å². The van der Waals surface area contributed by atoms with Crippen LogP contribution in [0.3, 0.4) is 0 Å². The maximum absolute atomic E-state index is 14.9. The van der Waals surface area contributed by atoms with Gasteiger partial charge in [0.15, 0.2) is 16.7 Å². The van der Waals surface area contributed by atoms with Gasteiger partial charge in [0.1, 0.15) is 12.1 Å². The van der Waals surface area contributed by atoms with Gasteiger partial charge >= 0.3 is 0 Å². The highest BCUT2D eigenvalue weighted by atomic mass is 32.1.